The van der Waals surface area contributed by atoms with Gasteiger partial charge in [-0.25, -0.2) is 0 Å². The summed E-state index contributed by atoms with van der Waals surface area (Å²) in [6, 6.07) is 9.27. The van der Waals surface area contributed by atoms with Crippen LogP contribution in [0.3, 0.4) is 0 Å². The van der Waals surface area contributed by atoms with E-state index >= 15 is 0 Å². The fourth-order valence-corrected chi connectivity index (χ4v) is 3.11. The molecule has 1 unspecified atom stereocenters. The summed E-state index contributed by atoms with van der Waals surface area (Å²) in [5.74, 6) is 0.639. The van der Waals surface area contributed by atoms with Gasteiger partial charge in [-0.3, -0.25) is 0 Å². The van der Waals surface area contributed by atoms with E-state index in [-0.39, 0.29) is 11.0 Å². The standard InChI is InChI=1S/C17H27N/c1-13(2)17(11-6-12-18-17)15-9-7-14(8-10-15)16(3,4)5/h7-10,13,18H,6,11-12H2,1-5H3. The maximum Gasteiger partial charge on any atom is 0.0458 e. The molecule has 0 amide bonds. The largest absolute Gasteiger partial charge is 0.307 e. The summed E-state index contributed by atoms with van der Waals surface area (Å²) in [5.41, 5.74) is 3.33. The minimum absolute atomic E-state index is 0.205. The average Bonchev–Trinajstić information content (AvgIpc) is 2.78. The molecule has 1 atom stereocenters. The molecule has 0 spiro atoms. The third kappa shape index (κ3) is 2.33. The van der Waals surface area contributed by atoms with Crippen molar-refractivity contribution in [2.45, 2.75) is 58.4 Å². The van der Waals surface area contributed by atoms with Crippen LogP contribution in [0.15, 0.2) is 24.3 Å². The lowest BCUT2D eigenvalue weighted by molar-refractivity contribution is 0.277. The molecule has 1 aliphatic heterocycles. The first kappa shape index (κ1) is 13.6. The van der Waals surface area contributed by atoms with Crippen LogP contribution in [0.25, 0.3) is 0 Å². The number of nitrogens with one attached hydrogen (secondary N) is 1. The van der Waals surface area contributed by atoms with Crippen LogP contribution >= 0.6 is 0 Å². The second-order valence-electron chi connectivity index (χ2n) is 6.98. The molecule has 18 heavy (non-hydrogen) atoms. The molecular weight excluding hydrogens is 218 g/mol. The van der Waals surface area contributed by atoms with E-state index in [0.29, 0.717) is 5.92 Å². The van der Waals surface area contributed by atoms with Crippen molar-refractivity contribution in [3.63, 3.8) is 0 Å². The Labute approximate surface area is 112 Å². The molecule has 1 fully saturated rings. The summed E-state index contributed by atoms with van der Waals surface area (Å²) >= 11 is 0. The zero-order chi connectivity index (χ0) is 13.4. The highest BCUT2D eigenvalue weighted by atomic mass is 15.0. The smallest absolute Gasteiger partial charge is 0.0458 e. The third-order valence-electron chi connectivity index (χ3n) is 4.44. The van der Waals surface area contributed by atoms with Gasteiger partial charge in [-0.15, -0.1) is 0 Å². The van der Waals surface area contributed by atoms with E-state index in [0.717, 1.165) is 6.54 Å². The fourth-order valence-electron chi connectivity index (χ4n) is 3.11. The Kier molecular flexibility index (Phi) is 3.55. The Morgan fingerprint density at radius 2 is 1.72 bits per heavy atom. The summed E-state index contributed by atoms with van der Waals surface area (Å²) in [7, 11) is 0. The van der Waals surface area contributed by atoms with Gasteiger partial charge >= 0.3 is 0 Å². The first-order chi connectivity index (χ1) is 8.36. The molecule has 1 saturated heterocycles. The van der Waals surface area contributed by atoms with Gasteiger partial charge in [-0.2, -0.15) is 0 Å². The van der Waals surface area contributed by atoms with Gasteiger partial charge in [0.05, 0.1) is 0 Å². The SMILES string of the molecule is CC(C)C1(c2ccc(C(C)(C)C)cc2)CCCN1. The molecule has 2 rings (SSSR count). The van der Waals surface area contributed by atoms with Gasteiger partial charge in [0.25, 0.3) is 0 Å². The van der Waals surface area contributed by atoms with Crippen LogP contribution in [0.5, 0.6) is 0 Å². The highest BCUT2D eigenvalue weighted by molar-refractivity contribution is 5.33. The zero-order valence-corrected chi connectivity index (χ0v) is 12.5. The van der Waals surface area contributed by atoms with Crippen LogP contribution < -0.4 is 5.32 Å². The Morgan fingerprint density at radius 3 is 2.11 bits per heavy atom. The van der Waals surface area contributed by atoms with E-state index in [1.54, 1.807) is 0 Å². The summed E-state index contributed by atoms with van der Waals surface area (Å²) in [6.45, 7) is 12.6. The summed E-state index contributed by atoms with van der Waals surface area (Å²) in [4.78, 5) is 0. The lowest BCUT2D eigenvalue weighted by atomic mass is 9.77. The Hall–Kier alpha value is -0.820. The normalized spacial score (nSPS) is 24.8. The Morgan fingerprint density at radius 1 is 1.11 bits per heavy atom. The molecule has 1 aromatic carbocycles. The van der Waals surface area contributed by atoms with Crippen LogP contribution in [-0.2, 0) is 11.0 Å². The van der Waals surface area contributed by atoms with Crippen molar-refractivity contribution in [2.75, 3.05) is 6.54 Å². The summed E-state index contributed by atoms with van der Waals surface area (Å²) in [5, 5.41) is 3.74. The van der Waals surface area contributed by atoms with Crippen LogP contribution in [0.1, 0.15) is 58.6 Å². The molecule has 0 bridgehead atoms. The van der Waals surface area contributed by atoms with Gasteiger partial charge in [-0.05, 0) is 41.8 Å². The molecule has 1 nitrogen and oxygen atoms in total. The van der Waals surface area contributed by atoms with Gasteiger partial charge < -0.3 is 5.32 Å². The van der Waals surface area contributed by atoms with E-state index in [4.69, 9.17) is 0 Å². The maximum atomic E-state index is 3.74. The quantitative estimate of drug-likeness (QED) is 0.822. The second-order valence-corrected chi connectivity index (χ2v) is 6.98. The number of benzene rings is 1. The molecule has 0 radical (unpaired) electrons. The molecule has 1 N–H and O–H groups in total. The molecule has 1 aromatic rings. The molecule has 1 aliphatic rings. The lowest BCUT2D eigenvalue weighted by Crippen LogP contribution is -2.41. The van der Waals surface area contributed by atoms with Crippen molar-refractivity contribution >= 4 is 0 Å². The maximum absolute atomic E-state index is 3.74. The van der Waals surface area contributed by atoms with E-state index in [2.05, 4.69) is 64.2 Å². The first-order valence-electron chi connectivity index (χ1n) is 7.22. The molecule has 0 saturated carbocycles. The lowest BCUT2D eigenvalue weighted by Gasteiger charge is -2.35. The molecule has 1 heteroatoms. The second kappa shape index (κ2) is 4.70. The van der Waals surface area contributed by atoms with Crippen molar-refractivity contribution in [1.82, 2.24) is 5.32 Å². The summed E-state index contributed by atoms with van der Waals surface area (Å²) < 4.78 is 0. The molecule has 100 valence electrons. The van der Waals surface area contributed by atoms with E-state index in [1.165, 1.54) is 24.0 Å². The van der Waals surface area contributed by atoms with E-state index in [1.807, 2.05) is 0 Å². The van der Waals surface area contributed by atoms with Crippen LogP contribution in [0.4, 0.5) is 0 Å². The van der Waals surface area contributed by atoms with E-state index in [9.17, 15) is 0 Å². The van der Waals surface area contributed by atoms with Crippen molar-refractivity contribution < 1.29 is 0 Å². The summed E-state index contributed by atoms with van der Waals surface area (Å²) in [6.07, 6.45) is 2.55. The highest BCUT2D eigenvalue weighted by Gasteiger charge is 2.38. The number of hydrogen-bond donors (Lipinski definition) is 1. The van der Waals surface area contributed by atoms with E-state index < -0.39 is 0 Å². The van der Waals surface area contributed by atoms with Gasteiger partial charge in [0, 0.05) is 5.54 Å². The van der Waals surface area contributed by atoms with Crippen LogP contribution in [0.2, 0.25) is 0 Å². The minimum Gasteiger partial charge on any atom is -0.307 e. The van der Waals surface area contributed by atoms with Gasteiger partial charge in [-0.1, -0.05) is 58.9 Å². The van der Waals surface area contributed by atoms with Crippen molar-refractivity contribution in [3.05, 3.63) is 35.4 Å². The van der Waals surface area contributed by atoms with Gasteiger partial charge in [0.2, 0.25) is 0 Å². The average molecular weight is 245 g/mol. The van der Waals surface area contributed by atoms with Gasteiger partial charge in [0.15, 0.2) is 0 Å². The van der Waals surface area contributed by atoms with Crippen molar-refractivity contribution in [1.29, 1.82) is 0 Å². The van der Waals surface area contributed by atoms with Gasteiger partial charge in [0.1, 0.15) is 0 Å². The molecule has 1 heterocycles. The first-order valence-corrected chi connectivity index (χ1v) is 7.22. The predicted octanol–water partition coefficient (Wildman–Crippen LogP) is 4.22. The predicted molar refractivity (Wildman–Crippen MR) is 78.9 cm³/mol. The number of hydrogen-bond acceptors (Lipinski definition) is 1. The van der Waals surface area contributed by atoms with Crippen LogP contribution in [-0.4, -0.2) is 6.54 Å². The molecular formula is C17H27N. The topological polar surface area (TPSA) is 12.0 Å². The highest BCUT2D eigenvalue weighted by Crippen LogP contribution is 2.38. The zero-order valence-electron chi connectivity index (χ0n) is 12.5. The monoisotopic (exact) mass is 245 g/mol. The number of rotatable bonds is 2. The van der Waals surface area contributed by atoms with Crippen molar-refractivity contribution in [2.24, 2.45) is 5.92 Å². The minimum atomic E-state index is 0.205. The molecule has 0 aliphatic carbocycles. The fraction of sp³-hybridized carbons (Fsp3) is 0.647. The third-order valence-corrected chi connectivity index (χ3v) is 4.44. The van der Waals surface area contributed by atoms with Crippen LogP contribution in [0, 0.1) is 5.92 Å². The Balaban J connectivity index is 2.33. The Bertz CT molecular complexity index is 389. The molecule has 0 aromatic heterocycles. The van der Waals surface area contributed by atoms with Crippen molar-refractivity contribution in [3.8, 4) is 0 Å².